The van der Waals surface area contributed by atoms with Crippen LogP contribution in [0.2, 0.25) is 0 Å². The van der Waals surface area contributed by atoms with Gasteiger partial charge in [0.25, 0.3) is 0 Å². The molecule has 1 heteroatoms. The summed E-state index contributed by atoms with van der Waals surface area (Å²) in [5.41, 5.74) is 22.4. The highest BCUT2D eigenvalue weighted by Crippen LogP contribution is 2.53. The van der Waals surface area contributed by atoms with E-state index in [1.54, 1.807) is 0 Å². The van der Waals surface area contributed by atoms with E-state index in [1.807, 2.05) is 0 Å². The van der Waals surface area contributed by atoms with Crippen molar-refractivity contribution >= 4 is 27.8 Å². The number of hydrogen-bond acceptors (Lipinski definition) is 1. The van der Waals surface area contributed by atoms with Crippen molar-refractivity contribution in [1.29, 1.82) is 0 Å². The van der Waals surface area contributed by atoms with E-state index < -0.39 is 0 Å². The van der Waals surface area contributed by atoms with E-state index in [4.69, 9.17) is 0 Å². The van der Waals surface area contributed by atoms with Gasteiger partial charge in [0.1, 0.15) is 0 Å². The van der Waals surface area contributed by atoms with Crippen LogP contribution in [0, 0.1) is 0 Å². The number of rotatable bonds is 7. The molecule has 0 saturated heterocycles. The Labute approximate surface area is 406 Å². The lowest BCUT2D eigenvalue weighted by Gasteiger charge is -2.32. The lowest BCUT2D eigenvalue weighted by atomic mass is 9.78. The predicted molar refractivity (Wildman–Crippen MR) is 294 cm³/mol. The van der Waals surface area contributed by atoms with Crippen LogP contribution in [0.4, 0.5) is 17.1 Å². The SMILES string of the molecule is CC(C)(C)c1cc(-c2cccc3cccc(-c4ccccc4N(c4ccc(-c5cccc6c5-c5ccccc5C6(C)C)cc4)c4cc(C(C)(C)C)ccc4-c4ccccc4)c23)cc(C(C)(C)C)c1. The first kappa shape index (κ1) is 44.9. The van der Waals surface area contributed by atoms with E-state index in [2.05, 4.69) is 275 Å². The standard InChI is InChI=1S/C67H65N/c1-64(2,3)48-36-39-52(44-22-13-12-14-23-44)61(43-48)68(51-37-34-45(35-38-51)53-29-21-32-59-63(53)57-27-15-17-31-58(57)67(59,10)11)60-33-18-16-26-55(60)56-30-20-25-46-24-19-28-54(62(46)56)47-40-49(65(4,5)6)42-50(41-47)66(7,8)9/h12-43H,1-11H3. The maximum atomic E-state index is 2.53. The maximum absolute atomic E-state index is 2.53. The molecule has 1 aliphatic carbocycles. The molecular weight excluding hydrogens is 819 g/mol. The van der Waals surface area contributed by atoms with Gasteiger partial charge in [-0.1, -0.05) is 246 Å². The lowest BCUT2D eigenvalue weighted by Crippen LogP contribution is -2.16. The van der Waals surface area contributed by atoms with Crippen LogP contribution in [-0.4, -0.2) is 0 Å². The molecule has 10 rings (SSSR count). The summed E-state index contributed by atoms with van der Waals surface area (Å²) >= 11 is 0. The molecule has 0 spiro atoms. The summed E-state index contributed by atoms with van der Waals surface area (Å²) in [6.45, 7) is 25.6. The molecule has 1 aliphatic rings. The van der Waals surface area contributed by atoms with Gasteiger partial charge in [-0.15, -0.1) is 0 Å². The fourth-order valence-electron chi connectivity index (χ4n) is 10.6. The van der Waals surface area contributed by atoms with E-state index in [0.717, 1.165) is 17.1 Å². The first-order valence-corrected chi connectivity index (χ1v) is 24.5. The Bertz CT molecular complexity index is 3310. The van der Waals surface area contributed by atoms with Crippen LogP contribution < -0.4 is 4.90 Å². The molecule has 0 unspecified atom stereocenters. The third-order valence-electron chi connectivity index (χ3n) is 14.5. The number of nitrogens with zero attached hydrogens (tertiary/aromatic N) is 1. The molecule has 0 aromatic heterocycles. The fraction of sp³-hybridized carbons (Fsp3) is 0.224. The molecule has 0 radical (unpaired) electrons. The maximum Gasteiger partial charge on any atom is 0.0543 e. The van der Waals surface area contributed by atoms with E-state index in [1.165, 1.54) is 94.2 Å². The Kier molecular flexibility index (Phi) is 11.0. The second-order valence-electron chi connectivity index (χ2n) is 22.7. The zero-order valence-corrected chi connectivity index (χ0v) is 41.9. The molecule has 68 heavy (non-hydrogen) atoms. The van der Waals surface area contributed by atoms with Crippen molar-refractivity contribution in [2.24, 2.45) is 0 Å². The third-order valence-corrected chi connectivity index (χ3v) is 14.5. The highest BCUT2D eigenvalue weighted by atomic mass is 15.1. The summed E-state index contributed by atoms with van der Waals surface area (Å²) in [5, 5.41) is 2.49. The van der Waals surface area contributed by atoms with E-state index >= 15 is 0 Å². The second-order valence-corrected chi connectivity index (χ2v) is 22.7. The van der Waals surface area contributed by atoms with Crippen molar-refractivity contribution in [3.63, 3.8) is 0 Å². The van der Waals surface area contributed by atoms with Crippen molar-refractivity contribution < 1.29 is 0 Å². The van der Waals surface area contributed by atoms with Crippen LogP contribution in [0.5, 0.6) is 0 Å². The zero-order valence-electron chi connectivity index (χ0n) is 41.9. The van der Waals surface area contributed by atoms with Crippen molar-refractivity contribution in [3.8, 4) is 55.6 Å². The van der Waals surface area contributed by atoms with Gasteiger partial charge in [-0.25, -0.2) is 0 Å². The van der Waals surface area contributed by atoms with Gasteiger partial charge in [-0.3, -0.25) is 0 Å². The number of hydrogen-bond donors (Lipinski definition) is 0. The van der Waals surface area contributed by atoms with Crippen molar-refractivity contribution in [2.45, 2.75) is 97.8 Å². The van der Waals surface area contributed by atoms with Crippen molar-refractivity contribution in [1.82, 2.24) is 0 Å². The average molecular weight is 884 g/mol. The van der Waals surface area contributed by atoms with Gasteiger partial charge in [0.05, 0.1) is 11.4 Å². The molecule has 0 bridgehead atoms. The fourth-order valence-corrected chi connectivity index (χ4v) is 10.6. The summed E-state index contributed by atoms with van der Waals surface area (Å²) in [5.74, 6) is 0. The number of benzene rings is 9. The molecule has 1 nitrogen and oxygen atoms in total. The molecule has 0 saturated carbocycles. The lowest BCUT2D eigenvalue weighted by molar-refractivity contribution is 0.569. The average Bonchev–Trinajstić information content (AvgIpc) is 3.56. The molecule has 9 aromatic rings. The minimum absolute atomic E-state index is 0.00817. The van der Waals surface area contributed by atoms with E-state index in [-0.39, 0.29) is 21.7 Å². The summed E-state index contributed by atoms with van der Waals surface area (Å²) in [4.78, 5) is 2.53. The Balaban J connectivity index is 1.22. The quantitative estimate of drug-likeness (QED) is 0.154. The van der Waals surface area contributed by atoms with Gasteiger partial charge in [-0.05, 0) is 124 Å². The van der Waals surface area contributed by atoms with Gasteiger partial charge in [0, 0.05) is 22.2 Å². The number of para-hydroxylation sites is 1. The smallest absolute Gasteiger partial charge is 0.0543 e. The van der Waals surface area contributed by atoms with Crippen molar-refractivity contribution in [3.05, 3.63) is 222 Å². The Hall–Kier alpha value is -6.96. The van der Waals surface area contributed by atoms with Gasteiger partial charge in [0.2, 0.25) is 0 Å². The van der Waals surface area contributed by atoms with Gasteiger partial charge in [0.15, 0.2) is 0 Å². The van der Waals surface area contributed by atoms with Crippen LogP contribution in [0.3, 0.4) is 0 Å². The molecule has 0 heterocycles. The van der Waals surface area contributed by atoms with Crippen molar-refractivity contribution in [2.75, 3.05) is 4.90 Å². The normalized spacial score (nSPS) is 13.3. The number of fused-ring (bicyclic) bond motifs is 4. The Morgan fingerprint density at radius 3 is 1.53 bits per heavy atom. The van der Waals surface area contributed by atoms with E-state index in [0.29, 0.717) is 0 Å². The van der Waals surface area contributed by atoms with Gasteiger partial charge < -0.3 is 4.90 Å². The summed E-state index contributed by atoms with van der Waals surface area (Å²) < 4.78 is 0. The molecule has 0 amide bonds. The van der Waals surface area contributed by atoms with E-state index in [9.17, 15) is 0 Å². The minimum Gasteiger partial charge on any atom is -0.309 e. The molecular formula is C67H65N. The van der Waals surface area contributed by atoms with Gasteiger partial charge in [-0.2, -0.15) is 0 Å². The largest absolute Gasteiger partial charge is 0.309 e. The first-order valence-electron chi connectivity index (χ1n) is 24.5. The van der Waals surface area contributed by atoms with Crippen LogP contribution in [-0.2, 0) is 21.7 Å². The second kappa shape index (κ2) is 16.7. The van der Waals surface area contributed by atoms with Crippen LogP contribution in [0.15, 0.2) is 194 Å². The Morgan fingerprint density at radius 1 is 0.338 bits per heavy atom. The monoisotopic (exact) mass is 884 g/mol. The van der Waals surface area contributed by atoms with Crippen LogP contribution in [0.1, 0.15) is 104 Å². The van der Waals surface area contributed by atoms with Gasteiger partial charge >= 0.3 is 0 Å². The summed E-state index contributed by atoms with van der Waals surface area (Å²) in [7, 11) is 0. The summed E-state index contributed by atoms with van der Waals surface area (Å²) in [6, 6.07) is 73.3. The molecule has 0 atom stereocenters. The highest BCUT2D eigenvalue weighted by Gasteiger charge is 2.36. The third kappa shape index (κ3) is 7.96. The number of anilines is 3. The summed E-state index contributed by atoms with van der Waals surface area (Å²) in [6.07, 6.45) is 0. The molecule has 9 aromatic carbocycles. The molecule has 0 fully saturated rings. The molecule has 0 aliphatic heterocycles. The van der Waals surface area contributed by atoms with Crippen LogP contribution >= 0.6 is 0 Å². The zero-order chi connectivity index (χ0) is 47.8. The minimum atomic E-state index is -0.0746. The first-order chi connectivity index (χ1) is 32.4. The van der Waals surface area contributed by atoms with Crippen LogP contribution in [0.25, 0.3) is 66.4 Å². The molecule has 0 N–H and O–H groups in total. The molecule has 338 valence electrons. The predicted octanol–water partition coefficient (Wildman–Crippen LogP) is 19.2. The Morgan fingerprint density at radius 2 is 0.868 bits per heavy atom. The highest BCUT2D eigenvalue weighted by molar-refractivity contribution is 6.09. The topological polar surface area (TPSA) is 3.24 Å².